The van der Waals surface area contributed by atoms with Crippen molar-refractivity contribution in [2.45, 2.75) is 0 Å². The van der Waals surface area contributed by atoms with Gasteiger partial charge in [0.25, 0.3) is 5.91 Å². The lowest BCUT2D eigenvalue weighted by atomic mass is 10.0. The summed E-state index contributed by atoms with van der Waals surface area (Å²) in [5.41, 5.74) is 4.06. The second-order valence-corrected chi connectivity index (χ2v) is 7.67. The van der Waals surface area contributed by atoms with Crippen molar-refractivity contribution >= 4 is 33.7 Å². The molecule has 0 aliphatic carbocycles. The zero-order chi connectivity index (χ0) is 20.3. The van der Waals surface area contributed by atoms with Crippen LogP contribution in [0, 0.1) is 0 Å². The summed E-state index contributed by atoms with van der Waals surface area (Å²) in [5.74, 6) is -0.128. The summed E-state index contributed by atoms with van der Waals surface area (Å²) in [4.78, 5) is 22.0. The molecule has 5 rings (SSSR count). The molecule has 2 aromatic heterocycles. The van der Waals surface area contributed by atoms with Crippen LogP contribution in [0.5, 0.6) is 0 Å². The second-order valence-electron chi connectivity index (χ2n) is 6.81. The molecule has 0 fully saturated rings. The van der Waals surface area contributed by atoms with Crippen molar-refractivity contribution in [2.24, 2.45) is 0 Å². The highest BCUT2D eigenvalue weighted by molar-refractivity contribution is 7.13. The molecule has 0 unspecified atom stereocenters. The Hall–Kier alpha value is -3.83. The highest BCUT2D eigenvalue weighted by atomic mass is 32.1. The van der Waals surface area contributed by atoms with E-state index < -0.39 is 0 Å². The summed E-state index contributed by atoms with van der Waals surface area (Å²) in [5, 5.41) is 7.89. The quantitative estimate of drug-likeness (QED) is 0.382. The van der Waals surface area contributed by atoms with Crippen LogP contribution in [-0.2, 0) is 0 Å². The Morgan fingerprint density at radius 2 is 1.67 bits per heavy atom. The van der Waals surface area contributed by atoms with Crippen LogP contribution in [0.2, 0.25) is 0 Å². The number of rotatable bonds is 4. The van der Waals surface area contributed by atoms with Crippen LogP contribution < -0.4 is 5.32 Å². The molecule has 0 atom stereocenters. The number of nitrogens with one attached hydrogen (secondary N) is 1. The maximum Gasteiger partial charge on any atom is 0.256 e. The van der Waals surface area contributed by atoms with E-state index in [9.17, 15) is 4.79 Å². The molecule has 0 saturated carbocycles. The van der Waals surface area contributed by atoms with Crippen LogP contribution in [0.25, 0.3) is 32.7 Å². The third-order valence-corrected chi connectivity index (χ3v) is 5.70. The Morgan fingerprint density at radius 3 is 2.57 bits per heavy atom. The molecular weight excluding hydrogens is 390 g/mol. The number of hydrogen-bond acceptors (Lipinski definition) is 4. The Labute approximate surface area is 177 Å². The monoisotopic (exact) mass is 407 g/mol. The number of hydrogen-bond donors (Lipinski definition) is 1. The molecule has 5 heteroatoms. The van der Waals surface area contributed by atoms with E-state index in [-0.39, 0.29) is 5.91 Å². The van der Waals surface area contributed by atoms with Crippen molar-refractivity contribution in [1.29, 1.82) is 0 Å². The number of amides is 1. The average molecular weight is 407 g/mol. The van der Waals surface area contributed by atoms with E-state index in [1.807, 2.05) is 90.3 Å². The van der Waals surface area contributed by atoms with E-state index in [2.05, 4.69) is 10.3 Å². The van der Waals surface area contributed by atoms with Gasteiger partial charge in [-0.15, -0.1) is 11.3 Å². The molecule has 4 nitrogen and oxygen atoms in total. The Morgan fingerprint density at radius 1 is 0.833 bits per heavy atom. The van der Waals surface area contributed by atoms with Gasteiger partial charge >= 0.3 is 0 Å². The van der Waals surface area contributed by atoms with E-state index in [0.717, 1.165) is 38.4 Å². The van der Waals surface area contributed by atoms with Crippen molar-refractivity contribution in [3.63, 3.8) is 0 Å². The molecule has 0 spiro atoms. The van der Waals surface area contributed by atoms with Gasteiger partial charge in [-0.25, -0.2) is 4.98 Å². The molecule has 3 aromatic carbocycles. The van der Waals surface area contributed by atoms with Crippen LogP contribution in [0.4, 0.5) is 5.69 Å². The van der Waals surface area contributed by atoms with Crippen molar-refractivity contribution in [2.75, 3.05) is 5.32 Å². The number of benzene rings is 3. The number of carbonyl (C=O) groups is 1. The minimum absolute atomic E-state index is 0.128. The molecule has 0 radical (unpaired) electrons. The van der Waals surface area contributed by atoms with Crippen molar-refractivity contribution in [3.8, 4) is 22.0 Å². The van der Waals surface area contributed by atoms with Crippen LogP contribution in [0.15, 0.2) is 96.5 Å². The van der Waals surface area contributed by atoms with Gasteiger partial charge in [0.05, 0.1) is 11.4 Å². The minimum Gasteiger partial charge on any atom is -0.322 e. The Kier molecular flexibility index (Phi) is 4.79. The number of thiazole rings is 1. The largest absolute Gasteiger partial charge is 0.322 e. The lowest BCUT2D eigenvalue weighted by Gasteiger charge is -2.09. The van der Waals surface area contributed by atoms with Gasteiger partial charge in [-0.05, 0) is 41.1 Å². The number of aromatic nitrogens is 2. The SMILES string of the molecule is O=C(Nc1cccc(-c2csc(-c3ccccn3)n2)c1)c1cccc2ccccc12. The molecule has 30 heavy (non-hydrogen) atoms. The molecule has 0 aliphatic heterocycles. The van der Waals surface area contributed by atoms with E-state index in [1.165, 1.54) is 0 Å². The van der Waals surface area contributed by atoms with Gasteiger partial charge in [-0.1, -0.05) is 54.6 Å². The van der Waals surface area contributed by atoms with Crippen LogP contribution >= 0.6 is 11.3 Å². The van der Waals surface area contributed by atoms with E-state index >= 15 is 0 Å². The summed E-state index contributed by atoms with van der Waals surface area (Å²) >= 11 is 1.55. The molecule has 0 saturated heterocycles. The first-order chi connectivity index (χ1) is 14.8. The van der Waals surface area contributed by atoms with Gasteiger partial charge in [-0.2, -0.15) is 0 Å². The van der Waals surface area contributed by atoms with Gasteiger partial charge in [0.2, 0.25) is 0 Å². The fraction of sp³-hybridized carbons (Fsp3) is 0. The van der Waals surface area contributed by atoms with Crippen LogP contribution in [0.3, 0.4) is 0 Å². The van der Waals surface area contributed by atoms with Crippen LogP contribution in [-0.4, -0.2) is 15.9 Å². The standard InChI is InChI=1S/C25H17N3OS/c29-24(21-12-6-8-17-7-1-2-11-20(17)21)27-19-10-5-9-18(15-19)23-16-30-25(28-23)22-13-3-4-14-26-22/h1-16H,(H,27,29). The first kappa shape index (κ1) is 18.2. The summed E-state index contributed by atoms with van der Waals surface area (Å²) < 4.78 is 0. The Bertz CT molecular complexity index is 1340. The predicted octanol–water partition coefficient (Wildman–Crippen LogP) is 6.28. The van der Waals surface area contributed by atoms with Gasteiger partial charge in [0.15, 0.2) is 0 Å². The molecule has 0 bridgehead atoms. The minimum atomic E-state index is -0.128. The maximum atomic E-state index is 12.9. The summed E-state index contributed by atoms with van der Waals surface area (Å²) in [7, 11) is 0. The molecule has 144 valence electrons. The van der Waals surface area contributed by atoms with E-state index in [4.69, 9.17) is 4.98 Å². The number of nitrogens with zero attached hydrogens (tertiary/aromatic N) is 2. The summed E-state index contributed by atoms with van der Waals surface area (Å²) in [6.07, 6.45) is 1.76. The first-order valence-corrected chi connectivity index (χ1v) is 10.4. The van der Waals surface area contributed by atoms with Gasteiger partial charge < -0.3 is 5.32 Å². The number of fused-ring (bicyclic) bond motifs is 1. The number of carbonyl (C=O) groups excluding carboxylic acids is 1. The molecule has 5 aromatic rings. The lowest BCUT2D eigenvalue weighted by Crippen LogP contribution is -2.12. The van der Waals surface area contributed by atoms with Crippen molar-refractivity contribution in [1.82, 2.24) is 9.97 Å². The number of pyridine rings is 1. The topological polar surface area (TPSA) is 54.9 Å². The lowest BCUT2D eigenvalue weighted by molar-refractivity contribution is 0.102. The Balaban J connectivity index is 1.42. The average Bonchev–Trinajstić information content (AvgIpc) is 3.30. The van der Waals surface area contributed by atoms with Crippen molar-refractivity contribution < 1.29 is 4.79 Å². The smallest absolute Gasteiger partial charge is 0.256 e. The molecule has 2 heterocycles. The maximum absolute atomic E-state index is 12.9. The molecular formula is C25H17N3OS. The fourth-order valence-corrected chi connectivity index (χ4v) is 4.20. The van der Waals surface area contributed by atoms with E-state index in [1.54, 1.807) is 17.5 Å². The highest BCUT2D eigenvalue weighted by Gasteiger charge is 2.12. The van der Waals surface area contributed by atoms with Gasteiger partial charge in [-0.3, -0.25) is 9.78 Å². The van der Waals surface area contributed by atoms with E-state index in [0.29, 0.717) is 5.56 Å². The highest BCUT2D eigenvalue weighted by Crippen LogP contribution is 2.29. The van der Waals surface area contributed by atoms with Gasteiger partial charge in [0.1, 0.15) is 5.01 Å². The van der Waals surface area contributed by atoms with Crippen LogP contribution in [0.1, 0.15) is 10.4 Å². The second kappa shape index (κ2) is 7.89. The molecule has 0 aliphatic rings. The zero-order valence-corrected chi connectivity index (χ0v) is 16.8. The summed E-state index contributed by atoms with van der Waals surface area (Å²) in [6.45, 7) is 0. The van der Waals surface area contributed by atoms with Gasteiger partial charge in [0, 0.05) is 28.4 Å². The summed E-state index contributed by atoms with van der Waals surface area (Å²) in [6, 6.07) is 27.2. The predicted molar refractivity (Wildman–Crippen MR) is 123 cm³/mol. The normalized spacial score (nSPS) is 10.8. The third kappa shape index (κ3) is 3.58. The third-order valence-electron chi connectivity index (χ3n) is 4.84. The van der Waals surface area contributed by atoms with Crippen molar-refractivity contribution in [3.05, 3.63) is 102 Å². The fourth-order valence-electron chi connectivity index (χ4n) is 3.39. The first-order valence-electron chi connectivity index (χ1n) is 9.54. The zero-order valence-electron chi connectivity index (χ0n) is 15.9. The molecule has 1 N–H and O–H groups in total. The number of anilines is 1. The molecule has 1 amide bonds.